The highest BCUT2D eigenvalue weighted by Gasteiger charge is 2.14. The van der Waals surface area contributed by atoms with E-state index in [9.17, 15) is 4.79 Å². The lowest BCUT2D eigenvalue weighted by molar-refractivity contribution is 0.0703. The molecule has 0 aliphatic rings. The van der Waals surface area contributed by atoms with E-state index in [0.29, 0.717) is 5.69 Å². The molecule has 4 nitrogen and oxygen atoms in total. The zero-order valence-electron chi connectivity index (χ0n) is 10.1. The number of nitrogen functional groups attached to an aromatic ring is 1. The molecule has 0 spiro atoms. The molecule has 1 heterocycles. The topological polar surface area (TPSA) is 72.5 Å². The highest BCUT2D eigenvalue weighted by Crippen LogP contribution is 2.35. The van der Waals surface area contributed by atoms with Crippen molar-refractivity contribution in [1.29, 1.82) is 0 Å². The number of thiophene rings is 1. The standard InChI is InChI=1S/C13H13NO3S/c1-7-3-4-8(5-10(7)17-2)11-6-9(14)12(18-11)13(15)16/h3-6H,14H2,1-2H3,(H,15,16). The van der Waals surface area contributed by atoms with Crippen LogP contribution in [0.2, 0.25) is 0 Å². The molecule has 0 fully saturated rings. The van der Waals surface area contributed by atoms with Crippen molar-refractivity contribution >= 4 is 23.0 Å². The van der Waals surface area contributed by atoms with E-state index in [1.807, 2.05) is 25.1 Å². The average molecular weight is 263 g/mol. The second-order valence-electron chi connectivity index (χ2n) is 3.88. The Hall–Kier alpha value is -2.01. The second kappa shape index (κ2) is 4.70. The largest absolute Gasteiger partial charge is 0.496 e. The fourth-order valence-corrected chi connectivity index (χ4v) is 2.60. The minimum atomic E-state index is -0.997. The summed E-state index contributed by atoms with van der Waals surface area (Å²) in [6, 6.07) is 7.42. The highest BCUT2D eigenvalue weighted by atomic mass is 32.1. The number of nitrogens with two attached hydrogens (primary N) is 1. The van der Waals surface area contributed by atoms with Gasteiger partial charge in [0.1, 0.15) is 10.6 Å². The number of hydrogen-bond acceptors (Lipinski definition) is 4. The smallest absolute Gasteiger partial charge is 0.348 e. The van der Waals surface area contributed by atoms with Gasteiger partial charge in [-0.15, -0.1) is 11.3 Å². The van der Waals surface area contributed by atoms with E-state index < -0.39 is 5.97 Å². The third-order valence-corrected chi connectivity index (χ3v) is 3.84. The molecule has 0 atom stereocenters. The summed E-state index contributed by atoms with van der Waals surface area (Å²) in [5, 5.41) is 8.98. The number of benzene rings is 1. The molecule has 0 aliphatic carbocycles. The van der Waals surface area contributed by atoms with Crippen LogP contribution in [0.5, 0.6) is 5.75 Å². The van der Waals surface area contributed by atoms with E-state index in [2.05, 4.69) is 0 Å². The van der Waals surface area contributed by atoms with Gasteiger partial charge < -0.3 is 15.6 Å². The number of hydrogen-bond donors (Lipinski definition) is 2. The van der Waals surface area contributed by atoms with Gasteiger partial charge >= 0.3 is 5.97 Å². The molecule has 0 radical (unpaired) electrons. The maximum atomic E-state index is 10.9. The Balaban J connectivity index is 2.49. The maximum Gasteiger partial charge on any atom is 0.348 e. The van der Waals surface area contributed by atoms with Gasteiger partial charge in [0.15, 0.2) is 0 Å². The summed E-state index contributed by atoms with van der Waals surface area (Å²) in [6.07, 6.45) is 0. The van der Waals surface area contributed by atoms with Gasteiger partial charge in [-0.05, 0) is 30.2 Å². The molecule has 0 bridgehead atoms. The summed E-state index contributed by atoms with van der Waals surface area (Å²) >= 11 is 1.17. The van der Waals surface area contributed by atoms with E-state index in [1.54, 1.807) is 13.2 Å². The molecule has 3 N–H and O–H groups in total. The zero-order chi connectivity index (χ0) is 13.3. The van der Waals surface area contributed by atoms with E-state index in [-0.39, 0.29) is 4.88 Å². The van der Waals surface area contributed by atoms with Crippen LogP contribution in [-0.4, -0.2) is 18.2 Å². The van der Waals surface area contributed by atoms with E-state index in [4.69, 9.17) is 15.6 Å². The van der Waals surface area contributed by atoms with Crippen LogP contribution in [0, 0.1) is 6.92 Å². The Kier molecular flexibility index (Phi) is 3.25. The summed E-state index contributed by atoms with van der Waals surface area (Å²) in [4.78, 5) is 11.9. The van der Waals surface area contributed by atoms with Crippen LogP contribution in [0.15, 0.2) is 24.3 Å². The Morgan fingerprint density at radius 2 is 2.11 bits per heavy atom. The first kappa shape index (κ1) is 12.4. The number of rotatable bonds is 3. The lowest BCUT2D eigenvalue weighted by Crippen LogP contribution is -1.96. The van der Waals surface area contributed by atoms with Gasteiger partial charge in [-0.25, -0.2) is 4.79 Å². The van der Waals surface area contributed by atoms with Crippen molar-refractivity contribution in [3.8, 4) is 16.2 Å². The number of anilines is 1. The average Bonchev–Trinajstić information content (AvgIpc) is 2.72. The van der Waals surface area contributed by atoms with Crippen molar-refractivity contribution in [2.75, 3.05) is 12.8 Å². The van der Waals surface area contributed by atoms with Gasteiger partial charge in [0, 0.05) is 4.88 Å². The lowest BCUT2D eigenvalue weighted by atomic mass is 10.1. The number of carbonyl (C=O) groups is 1. The van der Waals surface area contributed by atoms with Gasteiger partial charge in [0.2, 0.25) is 0 Å². The summed E-state index contributed by atoms with van der Waals surface area (Å²) in [5.74, 6) is -0.223. The van der Waals surface area contributed by atoms with Crippen molar-refractivity contribution in [2.45, 2.75) is 6.92 Å². The van der Waals surface area contributed by atoms with Gasteiger partial charge in [0.05, 0.1) is 12.8 Å². The zero-order valence-corrected chi connectivity index (χ0v) is 10.9. The summed E-state index contributed by atoms with van der Waals surface area (Å²) in [7, 11) is 1.61. The number of carboxylic acid groups (broad SMARTS) is 1. The van der Waals surface area contributed by atoms with Crippen molar-refractivity contribution in [3.63, 3.8) is 0 Å². The Morgan fingerprint density at radius 3 is 2.67 bits per heavy atom. The van der Waals surface area contributed by atoms with Crippen LogP contribution in [0.3, 0.4) is 0 Å². The van der Waals surface area contributed by atoms with Crippen LogP contribution in [-0.2, 0) is 0 Å². The monoisotopic (exact) mass is 263 g/mol. The Bertz CT molecular complexity index is 604. The van der Waals surface area contributed by atoms with Crippen LogP contribution in [0.25, 0.3) is 10.4 Å². The van der Waals surface area contributed by atoms with Crippen LogP contribution in [0.1, 0.15) is 15.2 Å². The predicted octanol–water partition coefficient (Wildman–Crippen LogP) is 3.01. The first-order chi connectivity index (χ1) is 8.52. The molecule has 0 unspecified atom stereocenters. The van der Waals surface area contributed by atoms with Gasteiger partial charge in [-0.3, -0.25) is 0 Å². The Labute approximate surface area is 109 Å². The predicted molar refractivity (Wildman–Crippen MR) is 72.4 cm³/mol. The van der Waals surface area contributed by atoms with Crippen molar-refractivity contribution < 1.29 is 14.6 Å². The van der Waals surface area contributed by atoms with Gasteiger partial charge in [0.25, 0.3) is 0 Å². The van der Waals surface area contributed by atoms with E-state index >= 15 is 0 Å². The third kappa shape index (κ3) is 2.17. The molecule has 1 aromatic heterocycles. The van der Waals surface area contributed by atoms with Crippen LogP contribution >= 0.6 is 11.3 Å². The first-order valence-electron chi connectivity index (χ1n) is 5.30. The van der Waals surface area contributed by atoms with Crippen LogP contribution in [0.4, 0.5) is 5.69 Å². The lowest BCUT2D eigenvalue weighted by Gasteiger charge is -2.06. The molecule has 2 rings (SSSR count). The van der Waals surface area contributed by atoms with Crippen molar-refractivity contribution in [1.82, 2.24) is 0 Å². The summed E-state index contributed by atoms with van der Waals surface area (Å²) in [6.45, 7) is 1.95. The molecular weight excluding hydrogens is 250 g/mol. The van der Waals surface area contributed by atoms with Crippen molar-refractivity contribution in [3.05, 3.63) is 34.7 Å². The molecule has 94 valence electrons. The van der Waals surface area contributed by atoms with Gasteiger partial charge in [-0.2, -0.15) is 0 Å². The summed E-state index contributed by atoms with van der Waals surface area (Å²) < 4.78 is 5.25. The van der Waals surface area contributed by atoms with Crippen molar-refractivity contribution in [2.24, 2.45) is 0 Å². The van der Waals surface area contributed by atoms with Gasteiger partial charge in [-0.1, -0.05) is 12.1 Å². The molecular formula is C13H13NO3S. The Morgan fingerprint density at radius 1 is 1.39 bits per heavy atom. The number of carboxylic acids is 1. The molecule has 0 aliphatic heterocycles. The van der Waals surface area contributed by atoms with Crippen LogP contribution < -0.4 is 10.5 Å². The second-order valence-corrected chi connectivity index (χ2v) is 4.94. The molecule has 0 amide bonds. The number of methoxy groups -OCH3 is 1. The maximum absolute atomic E-state index is 10.9. The minimum absolute atomic E-state index is 0.171. The minimum Gasteiger partial charge on any atom is -0.496 e. The summed E-state index contributed by atoms with van der Waals surface area (Å²) in [5.41, 5.74) is 7.91. The quantitative estimate of drug-likeness (QED) is 0.892. The fourth-order valence-electron chi connectivity index (χ4n) is 1.69. The third-order valence-electron chi connectivity index (χ3n) is 2.65. The highest BCUT2D eigenvalue weighted by molar-refractivity contribution is 7.17. The molecule has 5 heteroatoms. The molecule has 0 saturated heterocycles. The molecule has 0 saturated carbocycles. The first-order valence-corrected chi connectivity index (χ1v) is 6.12. The molecule has 1 aromatic carbocycles. The molecule has 18 heavy (non-hydrogen) atoms. The number of aryl methyl sites for hydroxylation is 1. The van der Waals surface area contributed by atoms with E-state index in [1.165, 1.54) is 11.3 Å². The van der Waals surface area contributed by atoms with E-state index in [0.717, 1.165) is 21.8 Å². The molecule has 2 aromatic rings. The normalized spacial score (nSPS) is 10.3. The fraction of sp³-hybridized carbons (Fsp3) is 0.154. The number of aromatic carboxylic acids is 1. The number of ether oxygens (including phenoxy) is 1. The SMILES string of the molecule is COc1cc(-c2cc(N)c(C(=O)O)s2)ccc1C.